The van der Waals surface area contributed by atoms with E-state index in [4.69, 9.17) is 0 Å². The molecule has 7 rings (SSSR count). The summed E-state index contributed by atoms with van der Waals surface area (Å²) in [4.78, 5) is 0. The zero-order chi connectivity index (χ0) is 28.3. The van der Waals surface area contributed by atoms with Gasteiger partial charge in [0.1, 0.15) is 0 Å². The van der Waals surface area contributed by atoms with Crippen LogP contribution in [0.2, 0.25) is 0 Å². The highest BCUT2D eigenvalue weighted by Crippen LogP contribution is 2.38. The largest absolute Gasteiger partial charge is 0.0842 e. The predicted octanol–water partition coefficient (Wildman–Crippen LogP) is 12.4. The minimum atomic E-state index is 1.05. The highest BCUT2D eigenvalue weighted by Gasteiger charge is 2.10. The van der Waals surface area contributed by atoms with Crippen LogP contribution >= 0.6 is 0 Å². The van der Waals surface area contributed by atoms with Crippen molar-refractivity contribution in [3.8, 4) is 22.3 Å². The molecular formula is C41H36. The maximum atomic E-state index is 2.37. The summed E-state index contributed by atoms with van der Waals surface area (Å²) in [6, 6.07) is 44.9. The Morgan fingerprint density at radius 1 is 0.463 bits per heavy atom. The Hall–Kier alpha value is -4.68. The molecule has 0 unspecified atom stereocenters. The topological polar surface area (TPSA) is 0 Å². The highest BCUT2D eigenvalue weighted by molar-refractivity contribution is 6.25. The molecule has 0 aromatic heterocycles. The maximum Gasteiger partial charge on any atom is -0.00928 e. The molecule has 0 heteroatoms. The molecule has 0 atom stereocenters. The number of fused-ring (bicyclic) bond motifs is 7. The molecule has 0 N–H and O–H groups in total. The van der Waals surface area contributed by atoms with Gasteiger partial charge in [0.2, 0.25) is 0 Å². The van der Waals surface area contributed by atoms with E-state index in [1.54, 1.807) is 0 Å². The van der Waals surface area contributed by atoms with Gasteiger partial charge in [0.25, 0.3) is 0 Å². The molecule has 0 heterocycles. The average molecular weight is 529 g/mol. The fraction of sp³-hybridized carbons (Fsp3) is 0.122. The van der Waals surface area contributed by atoms with Gasteiger partial charge in [-0.2, -0.15) is 0 Å². The lowest BCUT2D eigenvalue weighted by atomic mass is 9.91. The van der Waals surface area contributed by atoms with Gasteiger partial charge in [0, 0.05) is 0 Å². The quantitative estimate of drug-likeness (QED) is 0.199. The lowest BCUT2D eigenvalue weighted by molar-refractivity contribution is 1.23. The minimum absolute atomic E-state index is 1.05. The van der Waals surface area contributed by atoms with Gasteiger partial charge in [-0.05, 0) is 114 Å². The first-order valence-corrected chi connectivity index (χ1v) is 14.8. The first-order valence-electron chi connectivity index (χ1n) is 14.8. The summed E-state index contributed by atoms with van der Waals surface area (Å²) in [5, 5.41) is 10.4. The molecule has 200 valence electrons. The van der Waals surface area contributed by atoms with Gasteiger partial charge in [-0.15, -0.1) is 0 Å². The van der Waals surface area contributed by atoms with E-state index in [-0.39, 0.29) is 0 Å². The van der Waals surface area contributed by atoms with Gasteiger partial charge >= 0.3 is 0 Å². The average Bonchev–Trinajstić information content (AvgIpc) is 3.04. The monoisotopic (exact) mass is 528 g/mol. The van der Waals surface area contributed by atoms with Crippen LogP contribution in [0.15, 0.2) is 127 Å². The van der Waals surface area contributed by atoms with E-state index >= 15 is 0 Å². The van der Waals surface area contributed by atoms with Crippen molar-refractivity contribution < 1.29 is 0 Å². The van der Waals surface area contributed by atoms with Crippen LogP contribution in [0.3, 0.4) is 0 Å². The van der Waals surface area contributed by atoms with Crippen molar-refractivity contribution >= 4 is 49.2 Å². The molecule has 0 radical (unpaired) electrons. The summed E-state index contributed by atoms with van der Waals surface area (Å²) in [5.74, 6) is 0. The minimum Gasteiger partial charge on any atom is -0.0842 e. The summed E-state index contributed by atoms with van der Waals surface area (Å²) in [7, 11) is 0. The van der Waals surface area contributed by atoms with Gasteiger partial charge in [-0.3, -0.25) is 0 Å². The SMILES string of the molecule is CC.CC/C=C\c1cc2cc(-c3cccc(-c4ccc5c6ccccc6c6ccccc6c5c4)c3)ccc2cc1C. The summed E-state index contributed by atoms with van der Waals surface area (Å²) in [6.07, 6.45) is 5.52. The van der Waals surface area contributed by atoms with E-state index in [0.717, 1.165) is 6.42 Å². The van der Waals surface area contributed by atoms with Gasteiger partial charge in [0.05, 0.1) is 0 Å². The van der Waals surface area contributed by atoms with Gasteiger partial charge in [-0.25, -0.2) is 0 Å². The van der Waals surface area contributed by atoms with Crippen molar-refractivity contribution in [2.24, 2.45) is 0 Å². The number of aryl methyl sites for hydroxylation is 1. The van der Waals surface area contributed by atoms with Crippen LogP contribution in [0.5, 0.6) is 0 Å². The van der Waals surface area contributed by atoms with Crippen LogP contribution in [0.4, 0.5) is 0 Å². The van der Waals surface area contributed by atoms with Crippen LogP contribution < -0.4 is 0 Å². The van der Waals surface area contributed by atoms with Crippen molar-refractivity contribution in [3.63, 3.8) is 0 Å². The third kappa shape index (κ3) is 4.92. The number of hydrogen-bond acceptors (Lipinski definition) is 0. The summed E-state index contributed by atoms with van der Waals surface area (Å²) < 4.78 is 0. The molecule has 0 saturated carbocycles. The molecule has 41 heavy (non-hydrogen) atoms. The Labute approximate surface area is 243 Å². The Balaban J connectivity index is 0.00000148. The maximum absolute atomic E-state index is 2.37. The normalized spacial score (nSPS) is 11.4. The summed E-state index contributed by atoms with van der Waals surface area (Å²) in [6.45, 7) is 8.37. The van der Waals surface area contributed by atoms with Crippen LogP contribution in [0, 0.1) is 6.92 Å². The molecule has 7 aromatic carbocycles. The molecule has 0 bridgehead atoms. The lowest BCUT2D eigenvalue weighted by Gasteiger charge is -2.13. The molecule has 0 saturated heterocycles. The smallest absolute Gasteiger partial charge is 0.00928 e. The van der Waals surface area contributed by atoms with Crippen molar-refractivity contribution in [3.05, 3.63) is 139 Å². The van der Waals surface area contributed by atoms with E-state index in [1.807, 2.05) is 13.8 Å². The number of hydrogen-bond donors (Lipinski definition) is 0. The van der Waals surface area contributed by atoms with Gasteiger partial charge in [-0.1, -0.05) is 130 Å². The molecule has 7 aromatic rings. The second-order valence-corrected chi connectivity index (χ2v) is 10.5. The first kappa shape index (κ1) is 26.5. The highest BCUT2D eigenvalue weighted by atomic mass is 14.1. The predicted molar refractivity (Wildman–Crippen MR) is 183 cm³/mol. The summed E-state index contributed by atoms with van der Waals surface area (Å²) >= 11 is 0. The lowest BCUT2D eigenvalue weighted by Crippen LogP contribution is -1.86. The van der Waals surface area contributed by atoms with E-state index < -0.39 is 0 Å². The molecule has 0 aliphatic carbocycles. The van der Waals surface area contributed by atoms with Crippen molar-refractivity contribution in [1.82, 2.24) is 0 Å². The molecule has 0 fully saturated rings. The molecule has 0 amide bonds. The first-order chi connectivity index (χ1) is 20.2. The van der Waals surface area contributed by atoms with Crippen LogP contribution in [0.1, 0.15) is 38.3 Å². The Morgan fingerprint density at radius 2 is 1.00 bits per heavy atom. The Bertz CT molecular complexity index is 2020. The number of rotatable bonds is 4. The van der Waals surface area contributed by atoms with Crippen molar-refractivity contribution in [1.29, 1.82) is 0 Å². The standard InChI is InChI=1S/C39H30.C2H6/c1-3-4-10-27-22-33-24-31(18-17-30(33)21-26(27)2)28-11-9-12-29(23-28)32-19-20-38-36-15-6-5-13-34(36)35-14-7-8-16-37(35)39(38)25-32;1-2/h4-25H,3H2,1-2H3;1-2H3/b10-4-;. The van der Waals surface area contributed by atoms with Crippen molar-refractivity contribution in [2.75, 3.05) is 0 Å². The van der Waals surface area contributed by atoms with Gasteiger partial charge < -0.3 is 0 Å². The molecular weight excluding hydrogens is 492 g/mol. The molecule has 0 aliphatic rings. The number of allylic oxidation sites excluding steroid dienone is 1. The fourth-order valence-electron chi connectivity index (χ4n) is 6.00. The zero-order valence-corrected chi connectivity index (χ0v) is 24.4. The number of benzene rings is 7. The molecule has 0 aliphatic heterocycles. The summed E-state index contributed by atoms with van der Waals surface area (Å²) in [5.41, 5.74) is 7.58. The van der Waals surface area contributed by atoms with E-state index in [2.05, 4.69) is 147 Å². The second-order valence-electron chi connectivity index (χ2n) is 10.5. The van der Waals surface area contributed by atoms with Crippen LogP contribution in [0.25, 0.3) is 71.4 Å². The Morgan fingerprint density at radius 3 is 1.63 bits per heavy atom. The van der Waals surface area contributed by atoms with Gasteiger partial charge in [0.15, 0.2) is 0 Å². The molecule has 0 nitrogen and oxygen atoms in total. The van der Waals surface area contributed by atoms with Crippen LogP contribution in [-0.4, -0.2) is 0 Å². The second kappa shape index (κ2) is 11.4. The third-order valence-corrected chi connectivity index (χ3v) is 8.03. The van der Waals surface area contributed by atoms with Crippen LogP contribution in [-0.2, 0) is 0 Å². The zero-order valence-electron chi connectivity index (χ0n) is 24.4. The van der Waals surface area contributed by atoms with E-state index in [9.17, 15) is 0 Å². The Kier molecular flexibility index (Phi) is 7.40. The van der Waals surface area contributed by atoms with Crippen molar-refractivity contribution in [2.45, 2.75) is 34.1 Å². The van der Waals surface area contributed by atoms with E-state index in [0.29, 0.717) is 0 Å². The molecule has 0 spiro atoms. The third-order valence-electron chi connectivity index (χ3n) is 8.03. The fourth-order valence-corrected chi connectivity index (χ4v) is 6.00. The van der Waals surface area contributed by atoms with E-state index in [1.165, 1.54) is 76.5 Å².